The van der Waals surface area contributed by atoms with Crippen LogP contribution in [0.2, 0.25) is 0 Å². The number of nitrogens with zero attached hydrogens (tertiary/aromatic N) is 3. The molecule has 0 radical (unpaired) electrons. The van der Waals surface area contributed by atoms with E-state index in [2.05, 4.69) is 9.97 Å². The van der Waals surface area contributed by atoms with Crippen LogP contribution in [0.1, 0.15) is 31.7 Å². The van der Waals surface area contributed by atoms with Crippen LogP contribution in [0.3, 0.4) is 0 Å². The SMILES string of the molecule is COC(=O)C1=c2/c(=C/c3cccnc3)c(N)c(C(=O)OC)n2C(=O)C(c2cccnc2)S1. The molecule has 2 N–H and O–H groups in total. The number of pyridine rings is 2. The third-order valence-corrected chi connectivity index (χ3v) is 6.18. The summed E-state index contributed by atoms with van der Waals surface area (Å²) >= 11 is 1.02. The van der Waals surface area contributed by atoms with Gasteiger partial charge in [-0.05, 0) is 29.3 Å². The Morgan fingerprint density at radius 2 is 1.78 bits per heavy atom. The molecule has 4 heterocycles. The number of nitrogens with two attached hydrogens (primary N) is 1. The molecule has 0 saturated heterocycles. The third kappa shape index (κ3) is 3.54. The fraction of sp³-hybridized carbons (Fsp3) is 0.136. The van der Waals surface area contributed by atoms with Crippen molar-refractivity contribution in [3.8, 4) is 0 Å². The van der Waals surface area contributed by atoms with Gasteiger partial charge in [0.05, 0.1) is 25.3 Å². The summed E-state index contributed by atoms with van der Waals surface area (Å²) < 4.78 is 11.0. The van der Waals surface area contributed by atoms with Crippen LogP contribution in [0.25, 0.3) is 11.0 Å². The van der Waals surface area contributed by atoms with E-state index in [1.165, 1.54) is 20.4 Å². The average Bonchev–Trinajstić information content (AvgIpc) is 3.12. The summed E-state index contributed by atoms with van der Waals surface area (Å²) in [7, 11) is 2.44. The monoisotopic (exact) mass is 450 g/mol. The van der Waals surface area contributed by atoms with Crippen LogP contribution in [0.4, 0.5) is 5.69 Å². The number of fused-ring (bicyclic) bond motifs is 1. The molecule has 1 atom stereocenters. The summed E-state index contributed by atoms with van der Waals surface area (Å²) in [6.45, 7) is 0. The standard InChI is InChI=1S/C22H18N4O5S/c1-30-21(28)17-15(23)14(9-12-5-3-7-24-10-12)16-19(22(29)31-2)32-18(20(27)26(16)17)13-6-4-8-25-11-13/h3-11,18H,23H2,1-2H3/b14-9+. The molecular formula is C22H18N4O5S. The summed E-state index contributed by atoms with van der Waals surface area (Å²) in [6.07, 6.45) is 7.96. The summed E-state index contributed by atoms with van der Waals surface area (Å²) in [5.41, 5.74) is 7.44. The number of ether oxygens (including phenoxy) is 2. The molecule has 0 aliphatic carbocycles. The lowest BCUT2D eigenvalue weighted by Gasteiger charge is -2.23. The van der Waals surface area contributed by atoms with Gasteiger partial charge in [0.15, 0.2) is 5.69 Å². The topological polar surface area (TPSA) is 126 Å². The van der Waals surface area contributed by atoms with Crippen LogP contribution in [0, 0.1) is 0 Å². The van der Waals surface area contributed by atoms with E-state index in [1.807, 2.05) is 0 Å². The normalized spacial score (nSPS) is 15.9. The first-order chi connectivity index (χ1) is 15.5. The van der Waals surface area contributed by atoms with Gasteiger partial charge < -0.3 is 15.2 Å². The van der Waals surface area contributed by atoms with Gasteiger partial charge in [0, 0.05) is 30.0 Å². The molecule has 0 fully saturated rings. The number of nitrogen functional groups attached to an aromatic ring is 1. The van der Waals surface area contributed by atoms with Crippen LogP contribution in [0.5, 0.6) is 0 Å². The van der Waals surface area contributed by atoms with Crippen LogP contribution >= 0.6 is 11.8 Å². The minimum Gasteiger partial charge on any atom is -0.465 e. The Morgan fingerprint density at radius 3 is 2.38 bits per heavy atom. The number of aromatic nitrogens is 3. The van der Waals surface area contributed by atoms with Crippen molar-refractivity contribution in [2.75, 3.05) is 20.0 Å². The minimum absolute atomic E-state index is 0.0119. The Morgan fingerprint density at radius 1 is 1.09 bits per heavy atom. The van der Waals surface area contributed by atoms with E-state index in [4.69, 9.17) is 15.2 Å². The number of methoxy groups -OCH3 is 2. The second-order valence-electron chi connectivity index (χ2n) is 6.73. The largest absolute Gasteiger partial charge is 0.465 e. The first kappa shape index (κ1) is 21.3. The molecule has 9 nitrogen and oxygen atoms in total. The molecule has 4 rings (SSSR count). The number of hydrogen-bond donors (Lipinski definition) is 1. The molecule has 162 valence electrons. The zero-order valence-corrected chi connectivity index (χ0v) is 18.0. The van der Waals surface area contributed by atoms with Gasteiger partial charge in [-0.25, -0.2) is 9.59 Å². The Bertz CT molecular complexity index is 1340. The Labute approximate surface area is 186 Å². The summed E-state index contributed by atoms with van der Waals surface area (Å²) in [5.74, 6) is -1.92. The molecule has 1 unspecified atom stereocenters. The zero-order valence-electron chi connectivity index (χ0n) is 17.1. The lowest BCUT2D eigenvalue weighted by atomic mass is 10.2. The van der Waals surface area contributed by atoms with Crippen molar-refractivity contribution in [2.45, 2.75) is 5.25 Å². The predicted molar refractivity (Wildman–Crippen MR) is 118 cm³/mol. The average molecular weight is 450 g/mol. The van der Waals surface area contributed by atoms with Crippen LogP contribution in [0.15, 0.2) is 49.1 Å². The molecule has 3 aromatic rings. The lowest BCUT2D eigenvalue weighted by Crippen LogP contribution is -2.42. The molecule has 1 aliphatic rings. The molecule has 32 heavy (non-hydrogen) atoms. The van der Waals surface area contributed by atoms with Crippen molar-refractivity contribution < 1.29 is 23.9 Å². The zero-order chi connectivity index (χ0) is 22.8. The molecule has 3 aromatic heterocycles. The van der Waals surface area contributed by atoms with Crippen molar-refractivity contribution in [3.63, 3.8) is 0 Å². The smallest absolute Gasteiger partial charge is 0.357 e. The number of hydrogen-bond acceptors (Lipinski definition) is 9. The Kier molecular flexibility index (Phi) is 5.78. The Balaban J connectivity index is 2.12. The maximum atomic E-state index is 13.6. The molecule has 10 heteroatoms. The number of thioether (sulfide) groups is 1. The lowest BCUT2D eigenvalue weighted by molar-refractivity contribution is -0.133. The van der Waals surface area contributed by atoms with Gasteiger partial charge in [0.1, 0.15) is 10.2 Å². The van der Waals surface area contributed by atoms with Gasteiger partial charge in [0.2, 0.25) is 5.91 Å². The quantitative estimate of drug-likeness (QED) is 0.577. The highest BCUT2D eigenvalue weighted by Gasteiger charge is 2.38. The molecule has 0 bridgehead atoms. The van der Waals surface area contributed by atoms with E-state index in [0.29, 0.717) is 16.3 Å². The number of esters is 2. The van der Waals surface area contributed by atoms with Crippen molar-refractivity contribution in [1.29, 1.82) is 0 Å². The molecule has 1 aliphatic heterocycles. The minimum atomic E-state index is -0.841. The van der Waals surface area contributed by atoms with Gasteiger partial charge in [-0.3, -0.25) is 19.3 Å². The van der Waals surface area contributed by atoms with Crippen molar-refractivity contribution in [3.05, 3.63) is 76.4 Å². The maximum Gasteiger partial charge on any atom is 0.357 e. The van der Waals surface area contributed by atoms with Gasteiger partial charge in [0.25, 0.3) is 0 Å². The van der Waals surface area contributed by atoms with Gasteiger partial charge in [-0.2, -0.15) is 0 Å². The second-order valence-corrected chi connectivity index (χ2v) is 7.84. The highest BCUT2D eigenvalue weighted by Crippen LogP contribution is 2.39. The fourth-order valence-corrected chi connectivity index (χ4v) is 4.65. The molecular weight excluding hydrogens is 432 g/mol. The first-order valence-corrected chi connectivity index (χ1v) is 10.3. The van der Waals surface area contributed by atoms with E-state index in [-0.39, 0.29) is 21.6 Å². The maximum absolute atomic E-state index is 13.6. The summed E-state index contributed by atoms with van der Waals surface area (Å²) in [6, 6.07) is 6.91. The van der Waals surface area contributed by atoms with Gasteiger partial charge >= 0.3 is 11.9 Å². The predicted octanol–water partition coefficient (Wildman–Crippen LogP) is 0.885. The van der Waals surface area contributed by atoms with E-state index in [9.17, 15) is 14.4 Å². The molecule has 0 aromatic carbocycles. The molecule has 0 saturated carbocycles. The number of rotatable bonds is 4. The first-order valence-electron chi connectivity index (χ1n) is 9.41. The Hall–Kier alpha value is -3.92. The van der Waals surface area contributed by atoms with Gasteiger partial charge in [-0.1, -0.05) is 23.9 Å². The van der Waals surface area contributed by atoms with Crippen molar-refractivity contribution in [1.82, 2.24) is 14.5 Å². The van der Waals surface area contributed by atoms with Crippen molar-refractivity contribution >= 4 is 46.3 Å². The van der Waals surface area contributed by atoms with Crippen LogP contribution in [-0.4, -0.2) is 46.6 Å². The second kappa shape index (κ2) is 8.67. The summed E-state index contributed by atoms with van der Waals surface area (Å²) in [4.78, 5) is 47.3. The molecule has 0 amide bonds. The van der Waals surface area contributed by atoms with E-state index >= 15 is 0 Å². The third-order valence-electron chi connectivity index (χ3n) is 4.88. The van der Waals surface area contributed by atoms with E-state index < -0.39 is 23.1 Å². The highest BCUT2D eigenvalue weighted by molar-refractivity contribution is 8.10. The van der Waals surface area contributed by atoms with Crippen molar-refractivity contribution in [2.24, 2.45) is 0 Å². The van der Waals surface area contributed by atoms with E-state index in [0.717, 1.165) is 16.3 Å². The molecule has 0 spiro atoms. The van der Waals surface area contributed by atoms with E-state index in [1.54, 1.807) is 48.9 Å². The number of anilines is 1. The number of carbonyl (C=O) groups excluding carboxylic acids is 3. The summed E-state index contributed by atoms with van der Waals surface area (Å²) in [5, 5.41) is -0.343. The van der Waals surface area contributed by atoms with Gasteiger partial charge in [-0.15, -0.1) is 0 Å². The van der Waals surface area contributed by atoms with Crippen LogP contribution in [-0.2, 0) is 14.3 Å². The fourth-order valence-electron chi connectivity index (χ4n) is 3.44. The van der Waals surface area contributed by atoms with Crippen LogP contribution < -0.4 is 16.3 Å². The number of carbonyl (C=O) groups is 3. The highest BCUT2D eigenvalue weighted by atomic mass is 32.2.